The first-order chi connectivity index (χ1) is 11.7. The summed E-state index contributed by atoms with van der Waals surface area (Å²) >= 11 is 0. The lowest BCUT2D eigenvalue weighted by molar-refractivity contribution is 0.0273. The van der Waals surface area contributed by atoms with Crippen LogP contribution in [0, 0.1) is 0 Å². The second kappa shape index (κ2) is 8.02. The molecule has 1 N–H and O–H groups in total. The highest BCUT2D eigenvalue weighted by Gasteiger charge is 2.30. The lowest BCUT2D eigenvalue weighted by Gasteiger charge is -2.21. The molecule has 1 aliphatic heterocycles. The molecule has 4 heteroatoms. The van der Waals surface area contributed by atoms with Crippen molar-refractivity contribution in [3.8, 4) is 5.75 Å². The molecule has 0 saturated heterocycles. The first kappa shape index (κ1) is 17.3. The minimum absolute atomic E-state index is 0.0502. The van der Waals surface area contributed by atoms with Crippen molar-refractivity contribution in [2.24, 2.45) is 0 Å². The Kier molecular flexibility index (Phi) is 5.77. The molecule has 4 nitrogen and oxygen atoms in total. The number of ether oxygens (including phenoxy) is 2. The number of nitrogens with one attached hydrogen (secondary N) is 1. The van der Waals surface area contributed by atoms with E-state index < -0.39 is 0 Å². The molecule has 0 aromatic heterocycles. The number of benzene rings is 1. The molecular formula is C20H29NO3. The van der Waals surface area contributed by atoms with Gasteiger partial charge in [0.2, 0.25) is 0 Å². The summed E-state index contributed by atoms with van der Waals surface area (Å²) in [6, 6.07) is 5.84. The Bertz CT molecular complexity index is 566. The number of carbonyl (C=O) groups excluding carboxylic acids is 1. The lowest BCUT2D eigenvalue weighted by atomic mass is 9.97. The van der Waals surface area contributed by atoms with E-state index in [2.05, 4.69) is 25.2 Å². The van der Waals surface area contributed by atoms with Crippen molar-refractivity contribution in [1.82, 2.24) is 5.32 Å². The smallest absolute Gasteiger partial charge is 0.255 e. The number of rotatable bonds is 6. The topological polar surface area (TPSA) is 47.6 Å². The van der Waals surface area contributed by atoms with Crippen LogP contribution in [0.2, 0.25) is 0 Å². The molecule has 0 radical (unpaired) electrons. The highest BCUT2D eigenvalue weighted by atomic mass is 16.5. The van der Waals surface area contributed by atoms with Gasteiger partial charge in [0.15, 0.2) is 0 Å². The van der Waals surface area contributed by atoms with Crippen molar-refractivity contribution in [3.05, 3.63) is 29.3 Å². The number of hydrogen-bond donors (Lipinski definition) is 1. The SMILES string of the molecule is CC1Oc2c(C(=O)NCCCOC3CCCCC3)cccc2C1C. The summed E-state index contributed by atoms with van der Waals surface area (Å²) in [6.07, 6.45) is 7.71. The van der Waals surface area contributed by atoms with Gasteiger partial charge in [0.1, 0.15) is 11.9 Å². The van der Waals surface area contributed by atoms with Crippen LogP contribution in [0.4, 0.5) is 0 Å². The maximum Gasteiger partial charge on any atom is 0.255 e. The fourth-order valence-electron chi connectivity index (χ4n) is 3.62. The van der Waals surface area contributed by atoms with E-state index in [9.17, 15) is 4.79 Å². The monoisotopic (exact) mass is 331 g/mol. The van der Waals surface area contributed by atoms with Crippen LogP contribution < -0.4 is 10.1 Å². The molecule has 0 bridgehead atoms. The third kappa shape index (κ3) is 3.92. The fourth-order valence-corrected chi connectivity index (χ4v) is 3.62. The second-order valence-corrected chi connectivity index (χ2v) is 7.08. The number of fused-ring (bicyclic) bond motifs is 1. The van der Waals surface area contributed by atoms with Crippen LogP contribution in [0.5, 0.6) is 5.75 Å². The van der Waals surface area contributed by atoms with Crippen molar-refractivity contribution in [1.29, 1.82) is 0 Å². The molecule has 1 fully saturated rings. The molecule has 2 unspecified atom stereocenters. The average Bonchev–Trinajstić information content (AvgIpc) is 2.90. The van der Waals surface area contributed by atoms with E-state index >= 15 is 0 Å². The molecule has 1 aromatic rings. The molecule has 0 spiro atoms. The molecule has 1 amide bonds. The number of para-hydroxylation sites is 1. The number of amides is 1. The largest absolute Gasteiger partial charge is 0.489 e. The van der Waals surface area contributed by atoms with Gasteiger partial charge in [0.25, 0.3) is 5.91 Å². The van der Waals surface area contributed by atoms with Crippen molar-refractivity contribution in [3.63, 3.8) is 0 Å². The van der Waals surface area contributed by atoms with Crippen LogP contribution in [-0.4, -0.2) is 31.3 Å². The van der Waals surface area contributed by atoms with Gasteiger partial charge in [-0.3, -0.25) is 4.79 Å². The van der Waals surface area contributed by atoms with Crippen LogP contribution >= 0.6 is 0 Å². The molecule has 1 aliphatic carbocycles. The average molecular weight is 331 g/mol. The third-order valence-electron chi connectivity index (χ3n) is 5.30. The molecule has 2 aliphatic rings. The molecule has 1 aromatic carbocycles. The zero-order valence-corrected chi connectivity index (χ0v) is 14.8. The molecule has 132 valence electrons. The third-order valence-corrected chi connectivity index (χ3v) is 5.30. The van der Waals surface area contributed by atoms with Gasteiger partial charge in [0.05, 0.1) is 11.7 Å². The summed E-state index contributed by atoms with van der Waals surface area (Å²) in [4.78, 5) is 12.5. The summed E-state index contributed by atoms with van der Waals surface area (Å²) in [5, 5.41) is 3.00. The Labute approximate surface area is 144 Å². The van der Waals surface area contributed by atoms with Crippen molar-refractivity contribution >= 4 is 5.91 Å². The van der Waals surface area contributed by atoms with E-state index in [0.29, 0.717) is 24.1 Å². The van der Waals surface area contributed by atoms with Gasteiger partial charge in [-0.15, -0.1) is 0 Å². The van der Waals surface area contributed by atoms with E-state index in [-0.39, 0.29) is 12.0 Å². The first-order valence-corrected chi connectivity index (χ1v) is 9.36. The summed E-state index contributed by atoms with van der Waals surface area (Å²) in [5.74, 6) is 1.04. The Morgan fingerprint density at radius 2 is 2.04 bits per heavy atom. The zero-order valence-electron chi connectivity index (χ0n) is 14.8. The normalized spacial score (nSPS) is 23.6. The summed E-state index contributed by atoms with van der Waals surface area (Å²) < 4.78 is 11.8. The van der Waals surface area contributed by atoms with Gasteiger partial charge >= 0.3 is 0 Å². The van der Waals surface area contributed by atoms with Crippen molar-refractivity contribution in [2.45, 2.75) is 70.5 Å². The fraction of sp³-hybridized carbons (Fsp3) is 0.650. The number of hydrogen-bond acceptors (Lipinski definition) is 3. The van der Waals surface area contributed by atoms with E-state index in [1.165, 1.54) is 32.1 Å². The van der Waals surface area contributed by atoms with Gasteiger partial charge in [0, 0.05) is 24.6 Å². The van der Waals surface area contributed by atoms with Gasteiger partial charge in [-0.05, 0) is 32.3 Å². The summed E-state index contributed by atoms with van der Waals surface area (Å²) in [7, 11) is 0. The van der Waals surface area contributed by atoms with E-state index in [0.717, 1.165) is 24.3 Å². The second-order valence-electron chi connectivity index (χ2n) is 7.08. The highest BCUT2D eigenvalue weighted by Crippen LogP contribution is 2.40. The number of carbonyl (C=O) groups is 1. The lowest BCUT2D eigenvalue weighted by Crippen LogP contribution is -2.26. The minimum atomic E-state index is -0.0502. The zero-order chi connectivity index (χ0) is 16.9. The van der Waals surface area contributed by atoms with Gasteiger partial charge in [-0.2, -0.15) is 0 Å². The van der Waals surface area contributed by atoms with Gasteiger partial charge in [-0.1, -0.05) is 38.3 Å². The van der Waals surface area contributed by atoms with Crippen LogP contribution in [0.3, 0.4) is 0 Å². The molecule has 3 rings (SSSR count). The van der Waals surface area contributed by atoms with Gasteiger partial charge in [-0.25, -0.2) is 0 Å². The maximum absolute atomic E-state index is 12.5. The molecular weight excluding hydrogens is 302 g/mol. The van der Waals surface area contributed by atoms with Crippen LogP contribution in [0.25, 0.3) is 0 Å². The molecule has 1 heterocycles. The summed E-state index contributed by atoms with van der Waals surface area (Å²) in [5.41, 5.74) is 1.78. The molecule has 1 saturated carbocycles. The first-order valence-electron chi connectivity index (χ1n) is 9.36. The Morgan fingerprint density at radius 1 is 1.25 bits per heavy atom. The predicted octanol–water partition coefficient (Wildman–Crippen LogP) is 4.04. The van der Waals surface area contributed by atoms with Crippen LogP contribution in [-0.2, 0) is 4.74 Å². The van der Waals surface area contributed by atoms with E-state index in [4.69, 9.17) is 9.47 Å². The van der Waals surface area contributed by atoms with Crippen LogP contribution in [0.15, 0.2) is 18.2 Å². The highest BCUT2D eigenvalue weighted by molar-refractivity contribution is 5.97. The summed E-state index contributed by atoms with van der Waals surface area (Å²) in [6.45, 7) is 5.55. The van der Waals surface area contributed by atoms with Gasteiger partial charge < -0.3 is 14.8 Å². The van der Waals surface area contributed by atoms with Crippen molar-refractivity contribution in [2.75, 3.05) is 13.2 Å². The maximum atomic E-state index is 12.5. The standard InChI is InChI=1S/C20H29NO3/c1-14-15(2)24-19-17(14)10-6-11-18(19)20(22)21-12-7-13-23-16-8-4-3-5-9-16/h6,10-11,14-16H,3-5,7-9,12-13H2,1-2H3,(H,21,22). The Hall–Kier alpha value is -1.55. The quantitative estimate of drug-likeness (QED) is 0.800. The minimum Gasteiger partial charge on any atom is -0.489 e. The van der Waals surface area contributed by atoms with E-state index in [1.807, 2.05) is 12.1 Å². The Balaban J connectivity index is 1.44. The predicted molar refractivity (Wildman–Crippen MR) is 94.7 cm³/mol. The molecule has 24 heavy (non-hydrogen) atoms. The van der Waals surface area contributed by atoms with Crippen molar-refractivity contribution < 1.29 is 14.3 Å². The van der Waals surface area contributed by atoms with Crippen LogP contribution in [0.1, 0.15) is 74.2 Å². The molecule has 2 atom stereocenters. The Morgan fingerprint density at radius 3 is 2.83 bits per heavy atom. The van der Waals surface area contributed by atoms with E-state index in [1.54, 1.807) is 0 Å².